The minimum Gasteiger partial charge on any atom is -0.368 e. The SMILES string of the molecule is NC(=O)[C@H](Cc1cccc(Br)c1)NC(=O)c1ccncc1. The van der Waals surface area contributed by atoms with Crippen molar-refractivity contribution >= 4 is 27.7 Å². The smallest absolute Gasteiger partial charge is 0.252 e. The first kappa shape index (κ1) is 15.2. The van der Waals surface area contributed by atoms with E-state index in [-0.39, 0.29) is 5.91 Å². The van der Waals surface area contributed by atoms with Gasteiger partial charge in [-0.2, -0.15) is 0 Å². The molecule has 6 heteroatoms. The van der Waals surface area contributed by atoms with E-state index in [4.69, 9.17) is 5.73 Å². The number of carbonyl (C=O) groups is 2. The van der Waals surface area contributed by atoms with Gasteiger partial charge < -0.3 is 11.1 Å². The summed E-state index contributed by atoms with van der Waals surface area (Å²) in [5, 5.41) is 2.64. The molecule has 21 heavy (non-hydrogen) atoms. The normalized spacial score (nSPS) is 11.7. The van der Waals surface area contributed by atoms with Crippen molar-refractivity contribution in [1.82, 2.24) is 10.3 Å². The Balaban J connectivity index is 2.09. The number of nitrogens with one attached hydrogen (secondary N) is 1. The van der Waals surface area contributed by atoms with Crippen LogP contribution in [0.1, 0.15) is 15.9 Å². The first-order valence-electron chi connectivity index (χ1n) is 6.31. The number of halogens is 1. The van der Waals surface area contributed by atoms with Gasteiger partial charge in [-0.05, 0) is 29.8 Å². The van der Waals surface area contributed by atoms with Crippen molar-refractivity contribution in [2.24, 2.45) is 5.73 Å². The molecule has 2 amide bonds. The zero-order valence-corrected chi connectivity index (χ0v) is 12.7. The number of primary amides is 1. The van der Waals surface area contributed by atoms with Crippen molar-refractivity contribution < 1.29 is 9.59 Å². The van der Waals surface area contributed by atoms with Crippen LogP contribution in [-0.2, 0) is 11.2 Å². The molecule has 108 valence electrons. The van der Waals surface area contributed by atoms with E-state index in [1.54, 1.807) is 12.1 Å². The van der Waals surface area contributed by atoms with Crippen molar-refractivity contribution in [3.63, 3.8) is 0 Å². The van der Waals surface area contributed by atoms with Crippen LogP contribution >= 0.6 is 15.9 Å². The molecular formula is C15H14BrN3O2. The number of hydrogen-bond donors (Lipinski definition) is 2. The molecule has 0 bridgehead atoms. The lowest BCUT2D eigenvalue weighted by Gasteiger charge is -2.15. The molecule has 1 aromatic heterocycles. The number of aromatic nitrogens is 1. The molecule has 1 atom stereocenters. The minimum atomic E-state index is -0.764. The van der Waals surface area contributed by atoms with Gasteiger partial charge in [-0.15, -0.1) is 0 Å². The van der Waals surface area contributed by atoms with E-state index >= 15 is 0 Å². The summed E-state index contributed by atoms with van der Waals surface area (Å²) >= 11 is 3.37. The van der Waals surface area contributed by atoms with Crippen molar-refractivity contribution in [2.45, 2.75) is 12.5 Å². The van der Waals surface area contributed by atoms with Crippen LogP contribution in [-0.4, -0.2) is 22.8 Å². The van der Waals surface area contributed by atoms with Crippen LogP contribution in [0.25, 0.3) is 0 Å². The van der Waals surface area contributed by atoms with Gasteiger partial charge in [0.25, 0.3) is 5.91 Å². The number of hydrogen-bond acceptors (Lipinski definition) is 3. The number of nitrogens with zero attached hydrogens (tertiary/aromatic N) is 1. The Morgan fingerprint density at radius 2 is 1.95 bits per heavy atom. The van der Waals surface area contributed by atoms with Crippen LogP contribution in [0.15, 0.2) is 53.3 Å². The first-order chi connectivity index (χ1) is 10.1. The van der Waals surface area contributed by atoms with Crippen LogP contribution in [0.2, 0.25) is 0 Å². The van der Waals surface area contributed by atoms with Crippen molar-refractivity contribution in [3.05, 3.63) is 64.4 Å². The van der Waals surface area contributed by atoms with E-state index in [0.717, 1.165) is 10.0 Å². The van der Waals surface area contributed by atoms with Gasteiger partial charge in [0.15, 0.2) is 0 Å². The number of pyridine rings is 1. The van der Waals surface area contributed by atoms with Crippen molar-refractivity contribution in [3.8, 4) is 0 Å². The monoisotopic (exact) mass is 347 g/mol. The Kier molecular flexibility index (Phi) is 5.05. The third-order valence-corrected chi connectivity index (χ3v) is 3.41. The first-order valence-corrected chi connectivity index (χ1v) is 7.10. The van der Waals surface area contributed by atoms with Crippen LogP contribution in [0.4, 0.5) is 0 Å². The number of rotatable bonds is 5. The van der Waals surface area contributed by atoms with E-state index in [9.17, 15) is 9.59 Å². The summed E-state index contributed by atoms with van der Waals surface area (Å²) in [6, 6.07) is 9.90. The summed E-state index contributed by atoms with van der Waals surface area (Å²) in [6.45, 7) is 0. The van der Waals surface area contributed by atoms with E-state index in [1.165, 1.54) is 12.4 Å². The Hall–Kier alpha value is -2.21. The zero-order chi connectivity index (χ0) is 15.2. The topological polar surface area (TPSA) is 85.1 Å². The maximum absolute atomic E-state index is 12.1. The molecule has 0 fully saturated rings. The second-order valence-corrected chi connectivity index (χ2v) is 5.41. The second-order valence-electron chi connectivity index (χ2n) is 4.50. The van der Waals surface area contributed by atoms with Crippen LogP contribution in [0.3, 0.4) is 0 Å². The molecular weight excluding hydrogens is 334 g/mol. The molecule has 0 spiro atoms. The van der Waals surface area contributed by atoms with Gasteiger partial charge >= 0.3 is 0 Å². The van der Waals surface area contributed by atoms with Crippen molar-refractivity contribution in [1.29, 1.82) is 0 Å². The fourth-order valence-electron chi connectivity index (χ4n) is 1.87. The Bertz CT molecular complexity index is 646. The summed E-state index contributed by atoms with van der Waals surface area (Å²) in [7, 11) is 0. The molecule has 1 heterocycles. The van der Waals surface area contributed by atoms with Gasteiger partial charge in [-0.25, -0.2) is 0 Å². The molecule has 0 saturated heterocycles. The van der Waals surface area contributed by atoms with Crippen LogP contribution < -0.4 is 11.1 Å². The molecule has 2 rings (SSSR count). The highest BCUT2D eigenvalue weighted by atomic mass is 79.9. The second kappa shape index (κ2) is 6.99. The minimum absolute atomic E-state index is 0.339. The highest BCUT2D eigenvalue weighted by Gasteiger charge is 2.19. The average molecular weight is 348 g/mol. The third-order valence-electron chi connectivity index (χ3n) is 2.92. The average Bonchev–Trinajstić information content (AvgIpc) is 2.47. The van der Waals surface area contributed by atoms with Crippen molar-refractivity contribution in [2.75, 3.05) is 0 Å². The van der Waals surface area contributed by atoms with E-state index in [1.807, 2.05) is 24.3 Å². The third kappa shape index (κ3) is 4.39. The van der Waals surface area contributed by atoms with E-state index in [0.29, 0.717) is 12.0 Å². The lowest BCUT2D eigenvalue weighted by atomic mass is 10.1. The molecule has 0 unspecified atom stereocenters. The number of nitrogens with two attached hydrogens (primary N) is 1. The van der Waals surface area contributed by atoms with Gasteiger partial charge in [0.1, 0.15) is 6.04 Å². The highest BCUT2D eigenvalue weighted by molar-refractivity contribution is 9.10. The van der Waals surface area contributed by atoms with Gasteiger partial charge in [0, 0.05) is 28.9 Å². The summed E-state index contributed by atoms with van der Waals surface area (Å²) in [5.74, 6) is -0.923. The number of amides is 2. The van der Waals surface area contributed by atoms with E-state index in [2.05, 4.69) is 26.2 Å². The summed E-state index contributed by atoms with van der Waals surface area (Å²) < 4.78 is 0.906. The summed E-state index contributed by atoms with van der Waals surface area (Å²) in [4.78, 5) is 27.4. The predicted molar refractivity (Wildman–Crippen MR) is 82.5 cm³/mol. The molecule has 0 aliphatic carbocycles. The maximum atomic E-state index is 12.1. The lowest BCUT2D eigenvalue weighted by Crippen LogP contribution is -2.45. The molecule has 0 aliphatic rings. The molecule has 3 N–H and O–H groups in total. The fraction of sp³-hybridized carbons (Fsp3) is 0.133. The largest absolute Gasteiger partial charge is 0.368 e. The molecule has 5 nitrogen and oxygen atoms in total. The molecule has 0 aliphatic heterocycles. The summed E-state index contributed by atoms with van der Waals surface area (Å²) in [5.41, 5.74) is 6.71. The standard InChI is InChI=1S/C15H14BrN3O2/c16-12-3-1-2-10(8-12)9-13(14(17)20)19-15(21)11-4-6-18-7-5-11/h1-8,13H,9H2,(H2,17,20)(H,19,21)/t13-/m0/s1. The van der Waals surface area contributed by atoms with E-state index < -0.39 is 11.9 Å². The lowest BCUT2D eigenvalue weighted by molar-refractivity contribution is -0.119. The number of benzene rings is 1. The Labute approximate surface area is 130 Å². The zero-order valence-electron chi connectivity index (χ0n) is 11.1. The molecule has 0 saturated carbocycles. The van der Waals surface area contributed by atoms with Gasteiger partial charge in [0.05, 0.1) is 0 Å². The van der Waals surface area contributed by atoms with Gasteiger partial charge in [-0.3, -0.25) is 14.6 Å². The Morgan fingerprint density at radius 1 is 1.24 bits per heavy atom. The van der Waals surface area contributed by atoms with Gasteiger partial charge in [0.2, 0.25) is 5.91 Å². The summed E-state index contributed by atoms with van der Waals surface area (Å²) in [6.07, 6.45) is 3.37. The molecule has 1 aromatic carbocycles. The molecule has 0 radical (unpaired) electrons. The van der Waals surface area contributed by atoms with Crippen LogP contribution in [0.5, 0.6) is 0 Å². The predicted octanol–water partition coefficient (Wildman–Crippen LogP) is 1.67. The number of carbonyl (C=O) groups excluding carboxylic acids is 2. The Morgan fingerprint density at radius 3 is 2.57 bits per heavy atom. The van der Waals surface area contributed by atoms with Crippen LogP contribution in [0, 0.1) is 0 Å². The highest BCUT2D eigenvalue weighted by Crippen LogP contribution is 2.13. The fourth-order valence-corrected chi connectivity index (χ4v) is 2.31. The van der Waals surface area contributed by atoms with Gasteiger partial charge in [-0.1, -0.05) is 28.1 Å². The quantitative estimate of drug-likeness (QED) is 0.862. The molecule has 2 aromatic rings. The maximum Gasteiger partial charge on any atom is 0.252 e.